The molecule has 0 unspecified atom stereocenters. The van der Waals surface area contributed by atoms with Gasteiger partial charge < -0.3 is 5.11 Å². The number of halogens is 1. The Morgan fingerprint density at radius 3 is 2.95 bits per heavy atom. The molecule has 2 N–H and O–H groups in total. The number of hydrogen-bond acceptors (Lipinski definition) is 4. The Morgan fingerprint density at radius 2 is 2.30 bits per heavy atom. The lowest BCUT2D eigenvalue weighted by Crippen LogP contribution is -2.16. The van der Waals surface area contributed by atoms with Crippen LogP contribution < -0.4 is 5.69 Å². The van der Waals surface area contributed by atoms with Gasteiger partial charge in [-0.15, -0.1) is 5.10 Å². The van der Waals surface area contributed by atoms with Gasteiger partial charge >= 0.3 is 11.7 Å². The van der Waals surface area contributed by atoms with Gasteiger partial charge in [0.2, 0.25) is 0 Å². The number of rotatable bonds is 5. The van der Waals surface area contributed by atoms with Crippen LogP contribution in [0.15, 0.2) is 28.2 Å². The number of nitrogens with zero attached hydrogens (tertiary/aromatic N) is 2. The first-order valence-corrected chi connectivity index (χ1v) is 6.81. The second-order valence-corrected chi connectivity index (χ2v) is 4.90. The maximum Gasteiger partial charge on any atom is 0.343 e. The molecule has 0 aliphatic heterocycles. The minimum absolute atomic E-state index is 0.0249. The maximum absolute atomic E-state index is 13.6. The number of H-pyrrole nitrogens is 1. The highest BCUT2D eigenvalue weighted by molar-refractivity contribution is 7.98. The highest BCUT2D eigenvalue weighted by Gasteiger charge is 2.12. The third-order valence-corrected chi connectivity index (χ3v) is 3.71. The van der Waals surface area contributed by atoms with Gasteiger partial charge in [0.05, 0.1) is 5.56 Å². The quantitative estimate of drug-likeness (QED) is 0.820. The molecule has 1 aromatic carbocycles. The molecule has 0 amide bonds. The Balaban J connectivity index is 2.20. The van der Waals surface area contributed by atoms with Gasteiger partial charge in [0, 0.05) is 12.3 Å². The van der Waals surface area contributed by atoms with Gasteiger partial charge in [-0.25, -0.2) is 19.1 Å². The Morgan fingerprint density at radius 1 is 1.55 bits per heavy atom. The highest BCUT2D eigenvalue weighted by atomic mass is 32.2. The fourth-order valence-corrected chi connectivity index (χ4v) is 2.64. The molecule has 0 fully saturated rings. The van der Waals surface area contributed by atoms with Crippen molar-refractivity contribution in [3.8, 4) is 0 Å². The summed E-state index contributed by atoms with van der Waals surface area (Å²) in [6, 6.07) is 3.62. The van der Waals surface area contributed by atoms with E-state index in [1.165, 1.54) is 28.5 Å². The van der Waals surface area contributed by atoms with E-state index in [1.807, 2.05) is 0 Å². The lowest BCUT2D eigenvalue weighted by Gasteiger charge is -2.05. The smallest absolute Gasteiger partial charge is 0.343 e. The second kappa shape index (κ2) is 5.91. The molecule has 8 heteroatoms. The number of aromatic amines is 1. The average Bonchev–Trinajstić information content (AvgIpc) is 2.77. The Labute approximate surface area is 117 Å². The van der Waals surface area contributed by atoms with Crippen LogP contribution in [0.4, 0.5) is 4.39 Å². The molecule has 2 rings (SSSR count). The first-order valence-electron chi connectivity index (χ1n) is 5.82. The van der Waals surface area contributed by atoms with Crippen LogP contribution in [0.5, 0.6) is 0 Å². The number of hydrogen-bond donors (Lipinski definition) is 2. The van der Waals surface area contributed by atoms with Gasteiger partial charge in [-0.3, -0.25) is 4.57 Å². The summed E-state index contributed by atoms with van der Waals surface area (Å²) in [4.78, 5) is 22.2. The van der Waals surface area contributed by atoms with E-state index < -0.39 is 11.8 Å². The monoisotopic (exact) mass is 297 g/mol. The van der Waals surface area contributed by atoms with Crippen molar-refractivity contribution in [2.75, 3.05) is 0 Å². The van der Waals surface area contributed by atoms with Crippen LogP contribution in [-0.4, -0.2) is 25.8 Å². The Hall–Kier alpha value is -2.09. The lowest BCUT2D eigenvalue weighted by molar-refractivity contribution is 0.0696. The maximum atomic E-state index is 13.6. The molecule has 1 heterocycles. The first kappa shape index (κ1) is 14.3. The van der Waals surface area contributed by atoms with Crippen molar-refractivity contribution in [2.24, 2.45) is 0 Å². The predicted molar refractivity (Wildman–Crippen MR) is 71.4 cm³/mol. The summed E-state index contributed by atoms with van der Waals surface area (Å²) in [5.41, 5.74) is -0.0420. The molecule has 6 nitrogen and oxygen atoms in total. The predicted octanol–water partition coefficient (Wildman–Crippen LogP) is 1.72. The van der Waals surface area contributed by atoms with Crippen LogP contribution in [0.1, 0.15) is 22.8 Å². The summed E-state index contributed by atoms with van der Waals surface area (Å²) in [6.45, 7) is 2.25. The molecule has 0 saturated carbocycles. The third-order valence-electron chi connectivity index (χ3n) is 2.69. The second-order valence-electron chi connectivity index (χ2n) is 3.96. The number of carboxylic acids is 1. The topological polar surface area (TPSA) is 88.0 Å². The SMILES string of the molecule is CCn1c(SCc2cc(C(=O)O)ccc2F)n[nH]c1=O. The number of benzene rings is 1. The number of nitrogens with one attached hydrogen (secondary N) is 1. The molecule has 0 aliphatic carbocycles. The van der Waals surface area contributed by atoms with Crippen molar-refractivity contribution in [3.63, 3.8) is 0 Å². The van der Waals surface area contributed by atoms with Crippen LogP contribution in [0, 0.1) is 5.82 Å². The van der Waals surface area contributed by atoms with E-state index in [1.54, 1.807) is 6.92 Å². The summed E-state index contributed by atoms with van der Waals surface area (Å²) >= 11 is 1.17. The van der Waals surface area contributed by atoms with Crippen LogP contribution in [0.3, 0.4) is 0 Å². The summed E-state index contributed by atoms with van der Waals surface area (Å²) in [5.74, 6) is -1.40. The normalized spacial score (nSPS) is 10.7. The van der Waals surface area contributed by atoms with Crippen molar-refractivity contribution >= 4 is 17.7 Å². The number of carbonyl (C=O) groups is 1. The molecule has 2 aromatic rings. The molecule has 0 saturated heterocycles. The average molecular weight is 297 g/mol. The van der Waals surface area contributed by atoms with Gasteiger partial charge in [0.1, 0.15) is 5.82 Å². The van der Waals surface area contributed by atoms with E-state index in [0.717, 1.165) is 6.07 Å². The molecular weight excluding hydrogens is 285 g/mol. The molecule has 1 aromatic heterocycles. The van der Waals surface area contributed by atoms with E-state index in [0.29, 0.717) is 11.7 Å². The van der Waals surface area contributed by atoms with E-state index >= 15 is 0 Å². The molecular formula is C12H12FN3O3S. The largest absolute Gasteiger partial charge is 0.478 e. The molecule has 0 radical (unpaired) electrons. The number of carboxylic acid groups (broad SMARTS) is 1. The molecule has 0 spiro atoms. The molecule has 0 bridgehead atoms. The van der Waals surface area contributed by atoms with Crippen molar-refractivity contribution in [1.82, 2.24) is 14.8 Å². The van der Waals surface area contributed by atoms with Gasteiger partial charge in [0.15, 0.2) is 5.16 Å². The number of aromatic carboxylic acids is 1. The fraction of sp³-hybridized carbons (Fsp3) is 0.250. The fourth-order valence-electron chi connectivity index (χ4n) is 1.65. The first-order chi connectivity index (χ1) is 9.52. The summed E-state index contributed by atoms with van der Waals surface area (Å²) in [5, 5.41) is 15.5. The number of aromatic nitrogens is 3. The van der Waals surface area contributed by atoms with Crippen molar-refractivity contribution in [1.29, 1.82) is 0 Å². The Bertz CT molecular complexity index is 695. The van der Waals surface area contributed by atoms with Gasteiger partial charge in [-0.1, -0.05) is 11.8 Å². The molecule has 106 valence electrons. The zero-order valence-electron chi connectivity index (χ0n) is 10.6. The van der Waals surface area contributed by atoms with E-state index in [9.17, 15) is 14.0 Å². The molecule has 0 atom stereocenters. The Kier molecular flexibility index (Phi) is 4.23. The summed E-state index contributed by atoms with van der Waals surface area (Å²) < 4.78 is 15.0. The molecule has 20 heavy (non-hydrogen) atoms. The molecule has 0 aliphatic rings. The zero-order chi connectivity index (χ0) is 14.7. The van der Waals surface area contributed by atoms with Crippen molar-refractivity contribution in [3.05, 3.63) is 45.6 Å². The van der Waals surface area contributed by atoms with Crippen LogP contribution >= 0.6 is 11.8 Å². The van der Waals surface area contributed by atoms with Gasteiger partial charge in [0.25, 0.3) is 0 Å². The third kappa shape index (κ3) is 2.90. The number of thioether (sulfide) groups is 1. The zero-order valence-corrected chi connectivity index (χ0v) is 11.4. The van der Waals surface area contributed by atoms with Gasteiger partial charge in [-0.05, 0) is 30.7 Å². The summed E-state index contributed by atoms with van der Waals surface area (Å²) in [6.07, 6.45) is 0. The van der Waals surface area contributed by atoms with E-state index in [4.69, 9.17) is 5.11 Å². The van der Waals surface area contributed by atoms with Crippen LogP contribution in [0.2, 0.25) is 0 Å². The minimum Gasteiger partial charge on any atom is -0.478 e. The lowest BCUT2D eigenvalue weighted by atomic mass is 10.1. The van der Waals surface area contributed by atoms with Gasteiger partial charge in [-0.2, -0.15) is 0 Å². The van der Waals surface area contributed by atoms with Crippen molar-refractivity contribution < 1.29 is 14.3 Å². The minimum atomic E-state index is -1.11. The highest BCUT2D eigenvalue weighted by Crippen LogP contribution is 2.22. The van der Waals surface area contributed by atoms with E-state index in [-0.39, 0.29) is 22.6 Å². The van der Waals surface area contributed by atoms with Crippen molar-refractivity contribution in [2.45, 2.75) is 24.4 Å². The standard InChI is InChI=1S/C12H12FN3O3S/c1-2-16-11(19)14-15-12(16)20-6-8-5-7(10(17)18)3-4-9(8)13/h3-5H,2,6H2,1H3,(H,14,19)(H,17,18). The van der Waals surface area contributed by atoms with Crippen LogP contribution in [0.25, 0.3) is 0 Å². The van der Waals surface area contributed by atoms with E-state index in [2.05, 4.69) is 10.2 Å². The summed E-state index contributed by atoms with van der Waals surface area (Å²) in [7, 11) is 0. The van der Waals surface area contributed by atoms with Crippen LogP contribution in [-0.2, 0) is 12.3 Å².